The minimum absolute atomic E-state index is 0.0596. The third-order valence-electron chi connectivity index (χ3n) is 6.16. The van der Waals surface area contributed by atoms with Crippen LogP contribution < -0.4 is 10.6 Å². The van der Waals surface area contributed by atoms with Crippen LogP contribution in [0, 0.1) is 5.41 Å². The number of hydrogen-bond donors (Lipinski definition) is 3. The summed E-state index contributed by atoms with van der Waals surface area (Å²) in [7, 11) is 0. The number of aliphatic hydroxyl groups excluding tert-OH is 1. The zero-order valence-electron chi connectivity index (χ0n) is 15.6. The molecule has 2 saturated carbocycles. The van der Waals surface area contributed by atoms with E-state index in [1.54, 1.807) is 0 Å². The molecule has 0 radical (unpaired) electrons. The van der Waals surface area contributed by atoms with Crippen molar-refractivity contribution >= 4 is 5.96 Å². The molecule has 5 nitrogen and oxygen atoms in total. The third kappa shape index (κ3) is 4.63. The van der Waals surface area contributed by atoms with Crippen LogP contribution in [0.2, 0.25) is 0 Å². The Morgan fingerprint density at radius 2 is 1.92 bits per heavy atom. The highest BCUT2D eigenvalue weighted by molar-refractivity contribution is 5.80. The topological polar surface area (TPSA) is 59.9 Å². The Labute approximate surface area is 147 Å². The lowest BCUT2D eigenvalue weighted by molar-refractivity contribution is 0.00715. The Hall–Kier alpha value is -0.810. The molecule has 1 saturated heterocycles. The zero-order valence-corrected chi connectivity index (χ0v) is 15.6. The second kappa shape index (κ2) is 8.05. The van der Waals surface area contributed by atoms with Gasteiger partial charge in [-0.3, -0.25) is 4.99 Å². The maximum atomic E-state index is 10.4. The van der Waals surface area contributed by atoms with Crippen LogP contribution in [0.4, 0.5) is 0 Å². The average molecular weight is 337 g/mol. The van der Waals surface area contributed by atoms with Crippen molar-refractivity contribution in [2.45, 2.75) is 83.4 Å². The fourth-order valence-corrected chi connectivity index (χ4v) is 4.19. The predicted molar refractivity (Wildman–Crippen MR) is 99.3 cm³/mol. The van der Waals surface area contributed by atoms with Crippen molar-refractivity contribution in [2.24, 2.45) is 10.4 Å². The van der Waals surface area contributed by atoms with Crippen LogP contribution in [0.3, 0.4) is 0 Å². The van der Waals surface area contributed by atoms with Gasteiger partial charge in [0.15, 0.2) is 5.96 Å². The van der Waals surface area contributed by atoms with Crippen molar-refractivity contribution < 1.29 is 5.11 Å². The number of hydrogen-bond acceptors (Lipinski definition) is 3. The maximum absolute atomic E-state index is 10.4. The summed E-state index contributed by atoms with van der Waals surface area (Å²) in [6.07, 6.45) is 9.39. The van der Waals surface area contributed by atoms with Gasteiger partial charge in [-0.25, -0.2) is 0 Å². The molecule has 3 fully saturated rings. The van der Waals surface area contributed by atoms with Crippen LogP contribution >= 0.6 is 0 Å². The third-order valence-corrected chi connectivity index (χ3v) is 6.16. The smallest absolute Gasteiger partial charge is 0.191 e. The van der Waals surface area contributed by atoms with E-state index in [1.165, 1.54) is 45.2 Å². The predicted octanol–water partition coefficient (Wildman–Crippen LogP) is 2.11. The van der Waals surface area contributed by atoms with Crippen LogP contribution in [0.15, 0.2) is 4.99 Å². The van der Waals surface area contributed by atoms with E-state index in [2.05, 4.69) is 29.4 Å². The number of nitrogens with one attached hydrogen (secondary N) is 2. The van der Waals surface area contributed by atoms with Crippen molar-refractivity contribution in [2.75, 3.05) is 26.2 Å². The normalized spacial score (nSPS) is 33.5. The molecule has 0 aromatic heterocycles. The van der Waals surface area contributed by atoms with Crippen molar-refractivity contribution in [3.05, 3.63) is 0 Å². The Morgan fingerprint density at radius 3 is 2.54 bits per heavy atom. The van der Waals surface area contributed by atoms with Gasteiger partial charge in [-0.05, 0) is 45.4 Å². The fraction of sp³-hybridized carbons (Fsp3) is 0.947. The molecule has 0 aromatic carbocycles. The molecule has 0 amide bonds. The quantitative estimate of drug-likeness (QED) is 0.532. The Kier molecular flexibility index (Phi) is 6.03. The van der Waals surface area contributed by atoms with Gasteiger partial charge in [-0.15, -0.1) is 0 Å². The van der Waals surface area contributed by atoms with Gasteiger partial charge in [-0.1, -0.05) is 19.8 Å². The van der Waals surface area contributed by atoms with Gasteiger partial charge in [0, 0.05) is 37.1 Å². The van der Waals surface area contributed by atoms with Gasteiger partial charge in [0.2, 0.25) is 0 Å². The van der Waals surface area contributed by atoms with Crippen LogP contribution in [0.1, 0.15) is 65.2 Å². The van der Waals surface area contributed by atoms with E-state index < -0.39 is 0 Å². The first-order chi connectivity index (χ1) is 11.6. The SMILES string of the molecule is CCNC(=NCC1(C)CCCCC1O)NC1CCN(C2CC2)CC1. The van der Waals surface area contributed by atoms with Crippen molar-refractivity contribution in [3.8, 4) is 0 Å². The summed E-state index contributed by atoms with van der Waals surface area (Å²) in [6.45, 7) is 8.34. The van der Waals surface area contributed by atoms with Gasteiger partial charge < -0.3 is 20.6 Å². The summed E-state index contributed by atoms with van der Waals surface area (Å²) in [5.74, 6) is 0.932. The molecular formula is C19H36N4O. The lowest BCUT2D eigenvalue weighted by Crippen LogP contribution is -2.49. The number of likely N-dealkylation sites (tertiary alicyclic amines) is 1. The average Bonchev–Trinajstić information content (AvgIpc) is 3.42. The Bertz CT molecular complexity index is 429. The van der Waals surface area contributed by atoms with E-state index in [0.29, 0.717) is 12.6 Å². The van der Waals surface area contributed by atoms with Crippen molar-refractivity contribution in [1.29, 1.82) is 0 Å². The van der Waals surface area contributed by atoms with Gasteiger partial charge in [-0.2, -0.15) is 0 Å². The molecule has 0 aromatic rings. The van der Waals surface area contributed by atoms with Crippen molar-refractivity contribution in [3.63, 3.8) is 0 Å². The number of rotatable bonds is 5. The highest BCUT2D eigenvalue weighted by Gasteiger charge is 2.35. The summed E-state index contributed by atoms with van der Waals surface area (Å²) in [6, 6.07) is 1.42. The van der Waals surface area contributed by atoms with Crippen LogP contribution in [-0.2, 0) is 0 Å². The molecular weight excluding hydrogens is 300 g/mol. The number of guanidine groups is 1. The molecule has 2 unspecified atom stereocenters. The Balaban J connectivity index is 1.51. The molecule has 1 aliphatic heterocycles. The molecule has 2 aliphatic carbocycles. The minimum Gasteiger partial charge on any atom is -0.392 e. The molecule has 3 N–H and O–H groups in total. The van der Waals surface area contributed by atoms with Crippen LogP contribution in [0.25, 0.3) is 0 Å². The number of nitrogens with zero attached hydrogens (tertiary/aromatic N) is 2. The molecule has 24 heavy (non-hydrogen) atoms. The summed E-state index contributed by atoms with van der Waals surface area (Å²) in [5, 5.41) is 17.4. The van der Waals surface area contributed by atoms with E-state index in [1.807, 2.05) is 0 Å². The minimum atomic E-state index is -0.209. The van der Waals surface area contributed by atoms with Gasteiger partial charge in [0.05, 0.1) is 12.6 Å². The second-order valence-electron chi connectivity index (χ2n) is 8.30. The second-order valence-corrected chi connectivity index (χ2v) is 8.30. The largest absolute Gasteiger partial charge is 0.392 e. The fourth-order valence-electron chi connectivity index (χ4n) is 4.19. The van der Waals surface area contributed by atoms with E-state index in [-0.39, 0.29) is 11.5 Å². The highest BCUT2D eigenvalue weighted by Crippen LogP contribution is 2.36. The first-order valence-electron chi connectivity index (χ1n) is 10.1. The lowest BCUT2D eigenvalue weighted by atomic mass is 9.73. The molecule has 0 spiro atoms. The molecule has 0 bridgehead atoms. The zero-order chi connectivity index (χ0) is 17.0. The number of piperidine rings is 1. The van der Waals surface area contributed by atoms with E-state index in [4.69, 9.17) is 4.99 Å². The standard InChI is InChI=1S/C19H36N4O/c1-3-20-18(21-14-19(2)11-5-4-6-17(19)24)22-15-9-12-23(13-10-15)16-7-8-16/h15-17,24H,3-14H2,1-2H3,(H2,20,21,22). The monoisotopic (exact) mass is 336 g/mol. The summed E-state index contributed by atoms with van der Waals surface area (Å²) >= 11 is 0. The van der Waals surface area contributed by atoms with Crippen LogP contribution in [0.5, 0.6) is 0 Å². The Morgan fingerprint density at radius 1 is 1.17 bits per heavy atom. The first-order valence-corrected chi connectivity index (χ1v) is 10.1. The van der Waals surface area contributed by atoms with E-state index in [0.717, 1.165) is 37.8 Å². The van der Waals surface area contributed by atoms with Gasteiger partial charge in [0.1, 0.15) is 0 Å². The van der Waals surface area contributed by atoms with Gasteiger partial charge >= 0.3 is 0 Å². The molecule has 3 rings (SSSR count). The maximum Gasteiger partial charge on any atom is 0.191 e. The van der Waals surface area contributed by atoms with E-state index in [9.17, 15) is 5.11 Å². The molecule has 138 valence electrons. The summed E-state index contributed by atoms with van der Waals surface area (Å²) in [4.78, 5) is 7.50. The lowest BCUT2D eigenvalue weighted by Gasteiger charge is -2.37. The highest BCUT2D eigenvalue weighted by atomic mass is 16.3. The van der Waals surface area contributed by atoms with Crippen molar-refractivity contribution in [1.82, 2.24) is 15.5 Å². The van der Waals surface area contributed by atoms with E-state index >= 15 is 0 Å². The molecule has 2 atom stereocenters. The summed E-state index contributed by atoms with van der Waals surface area (Å²) in [5.41, 5.74) is -0.0596. The molecule has 5 heteroatoms. The molecule has 3 aliphatic rings. The van der Waals surface area contributed by atoms with Gasteiger partial charge in [0.25, 0.3) is 0 Å². The number of aliphatic imine (C=N–C) groups is 1. The first kappa shape index (κ1) is 18.0. The summed E-state index contributed by atoms with van der Waals surface area (Å²) < 4.78 is 0. The number of aliphatic hydroxyl groups is 1. The van der Waals surface area contributed by atoms with Crippen LogP contribution in [-0.4, -0.2) is 60.3 Å². The molecule has 1 heterocycles.